The first kappa shape index (κ1) is 27.1. The summed E-state index contributed by atoms with van der Waals surface area (Å²) < 4.78 is 21.8. The van der Waals surface area contributed by atoms with Crippen LogP contribution in [0.1, 0.15) is 72.0 Å². The minimum absolute atomic E-state index is 0.0119. The summed E-state index contributed by atoms with van der Waals surface area (Å²) >= 11 is 12.2. The summed E-state index contributed by atoms with van der Waals surface area (Å²) in [5.74, 6) is -0.146. The van der Waals surface area contributed by atoms with E-state index < -0.39 is 16.0 Å². The zero-order valence-electron chi connectivity index (χ0n) is 21.7. The summed E-state index contributed by atoms with van der Waals surface area (Å²) in [5.41, 5.74) is 3.91. The number of nitrogens with one attached hydrogen (secondary N) is 1. The van der Waals surface area contributed by atoms with Gasteiger partial charge in [0.25, 0.3) is 5.91 Å². The predicted octanol–water partition coefficient (Wildman–Crippen LogP) is 5.44. The highest BCUT2D eigenvalue weighted by molar-refractivity contribution is 7.91. The van der Waals surface area contributed by atoms with Crippen molar-refractivity contribution in [2.45, 2.75) is 63.0 Å². The number of hydrogen-bond acceptors (Lipinski definition) is 6. The number of fused-ring (bicyclic) bond motifs is 3. The normalized spacial score (nSPS) is 23.9. The van der Waals surface area contributed by atoms with Gasteiger partial charge in [-0.3, -0.25) is 14.4 Å². The number of nitrogens with zero attached hydrogens (tertiary/aromatic N) is 4. The number of halogens is 2. The SMILES string of the molecule is C[C@@H]1Cc2nn3c(c2CN1C(=O)c1ccc(Cl)c(Cl)c1)C(O)N([C@@H](C)c1ccc([S@@](C)(=N)=O)cc1)C[C@H]3C. The largest absolute Gasteiger partial charge is 0.372 e. The van der Waals surface area contributed by atoms with Gasteiger partial charge in [0.1, 0.15) is 0 Å². The molecule has 2 aliphatic rings. The molecule has 0 saturated heterocycles. The van der Waals surface area contributed by atoms with Crippen molar-refractivity contribution in [1.82, 2.24) is 19.6 Å². The third-order valence-corrected chi connectivity index (χ3v) is 9.58. The lowest BCUT2D eigenvalue weighted by molar-refractivity contribution is -0.0570. The molecule has 2 N–H and O–H groups in total. The van der Waals surface area contributed by atoms with Crippen molar-refractivity contribution < 1.29 is 14.1 Å². The van der Waals surface area contributed by atoms with Gasteiger partial charge in [0.05, 0.1) is 43.7 Å². The highest BCUT2D eigenvalue weighted by atomic mass is 35.5. The minimum Gasteiger partial charge on any atom is -0.372 e. The smallest absolute Gasteiger partial charge is 0.254 e. The zero-order valence-corrected chi connectivity index (χ0v) is 24.0. The van der Waals surface area contributed by atoms with Crippen LogP contribution in [0.25, 0.3) is 0 Å². The maximum Gasteiger partial charge on any atom is 0.254 e. The first-order valence-electron chi connectivity index (χ1n) is 12.5. The van der Waals surface area contributed by atoms with Gasteiger partial charge >= 0.3 is 0 Å². The van der Waals surface area contributed by atoms with Crippen molar-refractivity contribution in [2.75, 3.05) is 12.8 Å². The van der Waals surface area contributed by atoms with E-state index in [0.29, 0.717) is 45.7 Å². The van der Waals surface area contributed by atoms with Crippen LogP contribution < -0.4 is 0 Å². The van der Waals surface area contributed by atoms with Crippen LogP contribution in [0.2, 0.25) is 10.0 Å². The van der Waals surface area contributed by atoms with Gasteiger partial charge in [-0.1, -0.05) is 35.3 Å². The Bertz CT molecular complexity index is 1510. The second kappa shape index (κ2) is 9.95. The predicted molar refractivity (Wildman–Crippen MR) is 148 cm³/mol. The van der Waals surface area contributed by atoms with Crippen LogP contribution in [0.3, 0.4) is 0 Å². The van der Waals surface area contributed by atoms with E-state index in [9.17, 15) is 14.1 Å². The number of aliphatic hydroxyl groups is 1. The molecule has 3 heterocycles. The van der Waals surface area contributed by atoms with E-state index in [4.69, 9.17) is 33.1 Å². The lowest BCUT2D eigenvalue weighted by Gasteiger charge is -2.41. The first-order chi connectivity index (χ1) is 17.9. The van der Waals surface area contributed by atoms with Gasteiger partial charge in [0.15, 0.2) is 6.23 Å². The van der Waals surface area contributed by atoms with E-state index in [0.717, 1.165) is 16.8 Å². The van der Waals surface area contributed by atoms with Crippen LogP contribution in [-0.4, -0.2) is 53.6 Å². The molecule has 0 aliphatic carbocycles. The highest BCUT2D eigenvalue weighted by Crippen LogP contribution is 2.40. The van der Waals surface area contributed by atoms with Crippen molar-refractivity contribution in [3.63, 3.8) is 0 Å². The van der Waals surface area contributed by atoms with Gasteiger partial charge in [-0.25, -0.2) is 8.99 Å². The molecule has 2 aliphatic heterocycles. The molecular weight excluding hydrogens is 545 g/mol. The van der Waals surface area contributed by atoms with Crippen LogP contribution >= 0.6 is 23.2 Å². The Morgan fingerprint density at radius 1 is 1.13 bits per heavy atom. The van der Waals surface area contributed by atoms with Crippen LogP contribution in [0.4, 0.5) is 0 Å². The van der Waals surface area contributed by atoms with Gasteiger partial charge in [0.2, 0.25) is 0 Å². The van der Waals surface area contributed by atoms with Crippen LogP contribution in [0.15, 0.2) is 47.4 Å². The molecule has 0 radical (unpaired) electrons. The first-order valence-corrected chi connectivity index (χ1v) is 15.2. The number of amides is 1. The maximum absolute atomic E-state index is 13.5. The monoisotopic (exact) mass is 575 g/mol. The number of hydrogen-bond donors (Lipinski definition) is 2. The fraction of sp³-hybridized carbons (Fsp3) is 0.407. The van der Waals surface area contributed by atoms with Crippen molar-refractivity contribution in [3.8, 4) is 0 Å². The number of aliphatic hydroxyl groups excluding tert-OH is 1. The summed E-state index contributed by atoms with van der Waals surface area (Å²) in [7, 11) is -2.79. The standard InChI is InChI=1S/C27H31Cl2N5O3S/c1-15-11-24-21(14-32(15)26(35)19-7-10-22(28)23(29)12-19)25-27(36)33(13-16(2)34(25)31-24)17(3)18-5-8-20(9-6-18)38(4,30)37/h5-10,12,15-17,27,30,36H,11,13-14H2,1-4H3/t15-,16-,17+,27?,38+/m1/s1. The van der Waals surface area contributed by atoms with Crippen LogP contribution in [0.5, 0.6) is 0 Å². The zero-order chi connectivity index (χ0) is 27.5. The molecule has 3 aromatic rings. The quantitative estimate of drug-likeness (QED) is 0.431. The Labute approximate surface area is 233 Å². The molecule has 1 aromatic heterocycles. The number of aromatic nitrogens is 2. The minimum atomic E-state index is -2.79. The fourth-order valence-electron chi connectivity index (χ4n) is 5.47. The lowest BCUT2D eigenvalue weighted by Crippen LogP contribution is -2.44. The van der Waals surface area contributed by atoms with E-state index >= 15 is 0 Å². The van der Waals surface area contributed by atoms with Gasteiger partial charge in [-0.15, -0.1) is 0 Å². The van der Waals surface area contributed by atoms with Crippen molar-refractivity contribution in [3.05, 3.63) is 80.6 Å². The Kier molecular flexibility index (Phi) is 7.11. The van der Waals surface area contributed by atoms with E-state index in [-0.39, 0.29) is 24.0 Å². The Morgan fingerprint density at radius 3 is 2.45 bits per heavy atom. The molecule has 5 rings (SSSR count). The van der Waals surface area contributed by atoms with Gasteiger partial charge in [0, 0.05) is 47.3 Å². The Balaban J connectivity index is 1.45. The number of carbonyl (C=O) groups excluding carboxylic acids is 1. The van der Waals surface area contributed by atoms with Gasteiger partial charge < -0.3 is 10.0 Å². The Hall–Kier alpha value is -2.43. The molecule has 1 amide bonds. The average molecular weight is 577 g/mol. The van der Waals surface area contributed by atoms with Gasteiger partial charge in [-0.05, 0) is 56.7 Å². The molecule has 1 unspecified atom stereocenters. The third-order valence-electron chi connectivity index (χ3n) is 7.67. The molecule has 202 valence electrons. The molecule has 0 fully saturated rings. The van der Waals surface area contributed by atoms with Crippen LogP contribution in [0, 0.1) is 4.78 Å². The van der Waals surface area contributed by atoms with E-state index in [1.807, 2.05) is 35.6 Å². The fourth-order valence-corrected chi connectivity index (χ4v) is 6.42. The second-order valence-corrected chi connectivity index (χ2v) is 13.4. The molecule has 11 heteroatoms. The average Bonchev–Trinajstić information content (AvgIpc) is 3.25. The highest BCUT2D eigenvalue weighted by Gasteiger charge is 2.40. The molecule has 0 saturated carbocycles. The molecule has 0 spiro atoms. The van der Waals surface area contributed by atoms with E-state index in [1.54, 1.807) is 35.2 Å². The van der Waals surface area contributed by atoms with Crippen molar-refractivity contribution in [1.29, 1.82) is 4.78 Å². The summed E-state index contributed by atoms with van der Waals surface area (Å²) in [6.07, 6.45) is 1.07. The van der Waals surface area contributed by atoms with E-state index in [2.05, 4.69) is 6.92 Å². The summed E-state index contributed by atoms with van der Waals surface area (Å²) in [6, 6.07) is 11.9. The molecule has 0 bridgehead atoms. The second-order valence-electron chi connectivity index (χ2n) is 10.4. The summed E-state index contributed by atoms with van der Waals surface area (Å²) in [5, 5.41) is 17.2. The van der Waals surface area contributed by atoms with Crippen molar-refractivity contribution >= 4 is 38.8 Å². The van der Waals surface area contributed by atoms with Crippen LogP contribution in [-0.2, 0) is 22.7 Å². The number of benzene rings is 2. The lowest BCUT2D eigenvalue weighted by atomic mass is 9.96. The van der Waals surface area contributed by atoms with E-state index in [1.165, 1.54) is 6.26 Å². The van der Waals surface area contributed by atoms with Crippen molar-refractivity contribution in [2.24, 2.45) is 0 Å². The molecule has 5 atom stereocenters. The summed E-state index contributed by atoms with van der Waals surface area (Å²) in [4.78, 5) is 17.8. The maximum atomic E-state index is 13.5. The molecule has 38 heavy (non-hydrogen) atoms. The third kappa shape index (κ3) is 4.75. The molecule has 8 nitrogen and oxygen atoms in total. The molecular formula is C27H31Cl2N5O3S. The topological polar surface area (TPSA) is 103 Å². The summed E-state index contributed by atoms with van der Waals surface area (Å²) in [6.45, 7) is 7.02. The number of rotatable bonds is 4. The number of carbonyl (C=O) groups is 1. The van der Waals surface area contributed by atoms with Gasteiger partial charge in [-0.2, -0.15) is 5.10 Å². The molecule has 2 aromatic carbocycles. The Morgan fingerprint density at radius 2 is 1.82 bits per heavy atom.